The number of ether oxygens (including phenoxy) is 2. The van der Waals surface area contributed by atoms with Gasteiger partial charge in [0, 0.05) is 24.5 Å². The van der Waals surface area contributed by atoms with Gasteiger partial charge in [-0.1, -0.05) is 12.1 Å². The molecule has 1 amide bonds. The summed E-state index contributed by atoms with van der Waals surface area (Å²) in [6, 6.07) is 17.0. The third-order valence-electron chi connectivity index (χ3n) is 8.75. The fraction of sp³-hybridized carbons (Fsp3) is 0.536. The number of hydrogen-bond donors (Lipinski definition) is 1. The molecule has 33 heavy (non-hydrogen) atoms. The van der Waals surface area contributed by atoms with Gasteiger partial charge in [-0.25, -0.2) is 0 Å². The molecule has 1 saturated heterocycles. The number of benzene rings is 2. The summed E-state index contributed by atoms with van der Waals surface area (Å²) in [7, 11) is 1.71. The number of hydrogen-bond acceptors (Lipinski definition) is 4. The maximum absolute atomic E-state index is 13.8. The highest BCUT2D eigenvalue weighted by Crippen LogP contribution is 2.66. The van der Waals surface area contributed by atoms with Crippen LogP contribution in [0.4, 0.5) is 11.4 Å². The van der Waals surface area contributed by atoms with Gasteiger partial charge in [-0.2, -0.15) is 0 Å². The molecule has 4 bridgehead atoms. The van der Waals surface area contributed by atoms with E-state index in [2.05, 4.69) is 58.7 Å². The van der Waals surface area contributed by atoms with E-state index >= 15 is 0 Å². The molecule has 1 aliphatic heterocycles. The van der Waals surface area contributed by atoms with Crippen molar-refractivity contribution in [2.45, 2.75) is 43.9 Å². The SMILES string of the molecule is COc1ccc(C23CC4CC(CC(C(=O)Nc5ccc(N6CCOCC6)cc5)(C4)C2)C3)cc1. The number of carbonyl (C=O) groups is 1. The Balaban J connectivity index is 1.22. The summed E-state index contributed by atoms with van der Waals surface area (Å²) in [5, 5.41) is 3.31. The molecule has 2 aromatic rings. The molecule has 5 heteroatoms. The Hall–Kier alpha value is -2.53. The average Bonchev–Trinajstić information content (AvgIpc) is 2.84. The van der Waals surface area contributed by atoms with Gasteiger partial charge in [0.1, 0.15) is 5.75 Å². The maximum atomic E-state index is 13.8. The number of morpholine rings is 1. The first-order valence-electron chi connectivity index (χ1n) is 12.5. The summed E-state index contributed by atoms with van der Waals surface area (Å²) in [4.78, 5) is 16.1. The van der Waals surface area contributed by atoms with E-state index < -0.39 is 0 Å². The second-order valence-electron chi connectivity index (χ2n) is 10.9. The summed E-state index contributed by atoms with van der Waals surface area (Å²) >= 11 is 0. The van der Waals surface area contributed by atoms with E-state index in [0.29, 0.717) is 11.8 Å². The highest BCUT2D eigenvalue weighted by molar-refractivity contribution is 5.96. The number of nitrogens with one attached hydrogen (secondary N) is 1. The summed E-state index contributed by atoms with van der Waals surface area (Å²) in [6.07, 6.45) is 6.79. The summed E-state index contributed by atoms with van der Waals surface area (Å²) in [6.45, 7) is 3.40. The standard InChI is InChI=1S/C28H34N2O3/c1-32-25-8-2-22(3-9-25)27-15-20-14-21(16-27)18-28(17-20,19-27)26(31)29-23-4-6-24(7-5-23)30-10-12-33-13-11-30/h2-9,20-21H,10-19H2,1H3,(H,29,31). The smallest absolute Gasteiger partial charge is 0.230 e. The van der Waals surface area contributed by atoms with E-state index in [1.807, 2.05) is 0 Å². The van der Waals surface area contributed by atoms with Crippen molar-refractivity contribution in [3.63, 3.8) is 0 Å². The number of nitrogens with zero attached hydrogens (tertiary/aromatic N) is 1. The third kappa shape index (κ3) is 3.71. The van der Waals surface area contributed by atoms with E-state index in [1.54, 1.807) is 7.11 Å². The van der Waals surface area contributed by atoms with Crippen molar-refractivity contribution < 1.29 is 14.3 Å². The van der Waals surface area contributed by atoms with Crippen LogP contribution in [0.3, 0.4) is 0 Å². The lowest BCUT2D eigenvalue weighted by Gasteiger charge is -2.61. The number of methoxy groups -OCH3 is 1. The van der Waals surface area contributed by atoms with E-state index in [1.165, 1.54) is 30.5 Å². The molecule has 2 unspecified atom stereocenters. The first-order valence-corrected chi connectivity index (χ1v) is 12.5. The van der Waals surface area contributed by atoms with E-state index in [9.17, 15) is 4.79 Å². The Morgan fingerprint density at radius 3 is 2.27 bits per heavy atom. The quantitative estimate of drug-likeness (QED) is 0.702. The van der Waals surface area contributed by atoms with Gasteiger partial charge in [-0.3, -0.25) is 4.79 Å². The molecule has 5 fully saturated rings. The Kier molecular flexibility index (Phi) is 5.13. The van der Waals surface area contributed by atoms with Crippen molar-refractivity contribution in [2.24, 2.45) is 17.3 Å². The topological polar surface area (TPSA) is 50.8 Å². The molecule has 1 heterocycles. The molecule has 7 rings (SSSR count). The Labute approximate surface area is 196 Å². The van der Waals surface area contributed by atoms with Crippen LogP contribution >= 0.6 is 0 Å². The molecule has 0 spiro atoms. The van der Waals surface area contributed by atoms with Gasteiger partial charge in [-0.15, -0.1) is 0 Å². The van der Waals surface area contributed by atoms with Crippen LogP contribution in [0.5, 0.6) is 5.75 Å². The third-order valence-corrected chi connectivity index (χ3v) is 8.75. The minimum absolute atomic E-state index is 0.133. The Morgan fingerprint density at radius 2 is 1.64 bits per heavy atom. The highest BCUT2D eigenvalue weighted by atomic mass is 16.5. The molecule has 5 aliphatic rings. The monoisotopic (exact) mass is 446 g/mol. The molecule has 2 atom stereocenters. The summed E-state index contributed by atoms with van der Waals surface area (Å²) in [5.74, 6) is 2.44. The van der Waals surface area contributed by atoms with Gasteiger partial charge in [0.05, 0.1) is 25.7 Å². The van der Waals surface area contributed by atoms with Crippen molar-refractivity contribution >= 4 is 17.3 Å². The zero-order valence-electron chi connectivity index (χ0n) is 19.5. The molecule has 4 aliphatic carbocycles. The van der Waals surface area contributed by atoms with Crippen LogP contribution in [0.25, 0.3) is 0 Å². The second kappa shape index (κ2) is 8.05. The van der Waals surface area contributed by atoms with E-state index in [-0.39, 0.29) is 16.7 Å². The molecular formula is C28H34N2O3. The minimum Gasteiger partial charge on any atom is -0.497 e. The summed E-state index contributed by atoms with van der Waals surface area (Å²) in [5.41, 5.74) is 3.39. The van der Waals surface area contributed by atoms with Gasteiger partial charge in [-0.05, 0) is 97.7 Å². The molecule has 2 aromatic carbocycles. The Bertz CT molecular complexity index is 996. The van der Waals surface area contributed by atoms with Crippen LogP contribution in [0, 0.1) is 17.3 Å². The van der Waals surface area contributed by atoms with Gasteiger partial charge in [0.15, 0.2) is 0 Å². The lowest BCUT2D eigenvalue weighted by Crippen LogP contribution is -2.57. The van der Waals surface area contributed by atoms with Crippen LogP contribution in [0.2, 0.25) is 0 Å². The van der Waals surface area contributed by atoms with Crippen molar-refractivity contribution in [3.05, 3.63) is 54.1 Å². The van der Waals surface area contributed by atoms with E-state index in [4.69, 9.17) is 9.47 Å². The molecule has 4 saturated carbocycles. The number of anilines is 2. The van der Waals surface area contributed by atoms with Crippen molar-refractivity contribution in [3.8, 4) is 5.75 Å². The predicted molar refractivity (Wildman–Crippen MR) is 130 cm³/mol. The van der Waals surface area contributed by atoms with Crippen LogP contribution < -0.4 is 15.0 Å². The van der Waals surface area contributed by atoms with Crippen molar-refractivity contribution in [1.82, 2.24) is 0 Å². The largest absolute Gasteiger partial charge is 0.497 e. The van der Waals surface area contributed by atoms with Gasteiger partial charge in [0.2, 0.25) is 5.91 Å². The fourth-order valence-electron chi connectivity index (χ4n) is 7.65. The maximum Gasteiger partial charge on any atom is 0.230 e. The minimum atomic E-state index is -0.243. The van der Waals surface area contributed by atoms with Crippen LogP contribution in [-0.4, -0.2) is 39.3 Å². The number of amides is 1. The lowest BCUT2D eigenvalue weighted by molar-refractivity contribution is -0.143. The normalized spacial score (nSPS) is 32.6. The predicted octanol–water partition coefficient (Wildman–Crippen LogP) is 5.01. The Morgan fingerprint density at radius 1 is 0.970 bits per heavy atom. The van der Waals surface area contributed by atoms with Gasteiger partial charge >= 0.3 is 0 Å². The highest BCUT2D eigenvalue weighted by Gasteiger charge is 2.60. The second-order valence-corrected chi connectivity index (χ2v) is 10.9. The molecule has 0 aromatic heterocycles. The summed E-state index contributed by atoms with van der Waals surface area (Å²) < 4.78 is 10.8. The van der Waals surface area contributed by atoms with Crippen LogP contribution in [-0.2, 0) is 14.9 Å². The zero-order valence-corrected chi connectivity index (χ0v) is 19.5. The molecule has 174 valence electrons. The average molecular weight is 447 g/mol. The van der Waals surface area contributed by atoms with Crippen molar-refractivity contribution in [2.75, 3.05) is 43.6 Å². The molecule has 5 nitrogen and oxygen atoms in total. The first-order chi connectivity index (χ1) is 16.1. The molecule has 1 N–H and O–H groups in total. The number of rotatable bonds is 5. The number of carbonyl (C=O) groups excluding carboxylic acids is 1. The molecular weight excluding hydrogens is 412 g/mol. The van der Waals surface area contributed by atoms with Crippen LogP contribution in [0.1, 0.15) is 44.1 Å². The lowest BCUT2D eigenvalue weighted by atomic mass is 9.42. The molecule has 0 radical (unpaired) electrons. The fourth-order valence-corrected chi connectivity index (χ4v) is 7.65. The van der Waals surface area contributed by atoms with E-state index in [0.717, 1.165) is 57.0 Å². The van der Waals surface area contributed by atoms with Crippen molar-refractivity contribution in [1.29, 1.82) is 0 Å². The van der Waals surface area contributed by atoms with Crippen LogP contribution in [0.15, 0.2) is 48.5 Å². The van der Waals surface area contributed by atoms with Gasteiger partial charge < -0.3 is 19.7 Å². The van der Waals surface area contributed by atoms with Gasteiger partial charge in [0.25, 0.3) is 0 Å². The first kappa shape index (κ1) is 21.0. The zero-order chi connectivity index (χ0) is 22.5.